The molecule has 14 heavy (non-hydrogen) atoms. The largest absolute Gasteiger partial charge is 0.283 e. The molecule has 1 aromatic carbocycles. The zero-order valence-electron chi connectivity index (χ0n) is 7.07. The number of nitrogens with one attached hydrogen (secondary N) is 1. The van der Waals surface area contributed by atoms with Crippen LogP contribution in [0.1, 0.15) is 0 Å². The maximum absolute atomic E-state index is 11.1. The fourth-order valence-corrected chi connectivity index (χ4v) is 1.68. The van der Waals surface area contributed by atoms with Gasteiger partial charge in [0, 0.05) is 10.7 Å². The highest BCUT2D eigenvalue weighted by atomic mass is 35.5. The number of anilines is 1. The van der Waals surface area contributed by atoms with E-state index in [1.54, 1.807) is 18.2 Å². The summed E-state index contributed by atoms with van der Waals surface area (Å²) in [7, 11) is -3.55. The van der Waals surface area contributed by atoms with Crippen LogP contribution in [0.25, 0.3) is 0 Å². The SMILES string of the molecule is N#CCS(=O)(=O)Nc1ccc(Cl)cc1. The molecule has 0 aliphatic rings. The summed E-state index contributed by atoms with van der Waals surface area (Å²) >= 11 is 5.61. The molecule has 0 aliphatic heterocycles. The van der Waals surface area contributed by atoms with Gasteiger partial charge in [-0.3, -0.25) is 4.72 Å². The Morgan fingerprint density at radius 1 is 1.36 bits per heavy atom. The highest BCUT2D eigenvalue weighted by Crippen LogP contribution is 2.14. The maximum Gasteiger partial charge on any atom is 0.246 e. The smallest absolute Gasteiger partial charge is 0.246 e. The first-order chi connectivity index (χ1) is 6.53. The van der Waals surface area contributed by atoms with Crippen molar-refractivity contribution in [2.45, 2.75) is 0 Å². The lowest BCUT2D eigenvalue weighted by Gasteiger charge is -2.03. The summed E-state index contributed by atoms with van der Waals surface area (Å²) in [5.41, 5.74) is 0.393. The van der Waals surface area contributed by atoms with Crippen LogP contribution >= 0.6 is 11.6 Å². The monoisotopic (exact) mass is 230 g/mol. The van der Waals surface area contributed by atoms with Crippen molar-refractivity contribution < 1.29 is 8.42 Å². The molecule has 1 rings (SSSR count). The van der Waals surface area contributed by atoms with Crippen LogP contribution in [-0.2, 0) is 10.0 Å². The number of nitriles is 1. The van der Waals surface area contributed by atoms with E-state index in [0.29, 0.717) is 10.7 Å². The van der Waals surface area contributed by atoms with Gasteiger partial charge >= 0.3 is 0 Å². The Kier molecular flexibility index (Phi) is 3.33. The maximum atomic E-state index is 11.1. The third kappa shape index (κ3) is 3.24. The van der Waals surface area contributed by atoms with Gasteiger partial charge in [-0.1, -0.05) is 11.6 Å². The zero-order valence-corrected chi connectivity index (χ0v) is 8.64. The molecule has 0 atom stereocenters. The van der Waals surface area contributed by atoms with Gasteiger partial charge in [0.05, 0.1) is 6.07 Å². The van der Waals surface area contributed by atoms with E-state index < -0.39 is 15.8 Å². The van der Waals surface area contributed by atoms with Crippen LogP contribution in [0.5, 0.6) is 0 Å². The van der Waals surface area contributed by atoms with Gasteiger partial charge in [-0.25, -0.2) is 8.42 Å². The summed E-state index contributed by atoms with van der Waals surface area (Å²) in [6, 6.07) is 7.74. The first-order valence-corrected chi connectivity index (χ1v) is 5.69. The Morgan fingerprint density at radius 3 is 2.43 bits per heavy atom. The fraction of sp³-hybridized carbons (Fsp3) is 0.125. The third-order valence-electron chi connectivity index (χ3n) is 1.37. The molecule has 0 unspecified atom stereocenters. The summed E-state index contributed by atoms with van der Waals surface area (Å²) in [4.78, 5) is 0. The molecule has 74 valence electrons. The zero-order chi connectivity index (χ0) is 10.6. The van der Waals surface area contributed by atoms with Crippen molar-refractivity contribution in [2.24, 2.45) is 0 Å². The number of benzene rings is 1. The molecule has 0 spiro atoms. The predicted octanol–water partition coefficient (Wildman–Crippen LogP) is 1.61. The molecule has 0 saturated carbocycles. The van der Waals surface area contributed by atoms with E-state index in [4.69, 9.17) is 16.9 Å². The fourth-order valence-electron chi connectivity index (χ4n) is 0.819. The molecule has 0 saturated heterocycles. The van der Waals surface area contributed by atoms with Crippen LogP contribution in [0.3, 0.4) is 0 Å². The van der Waals surface area contributed by atoms with Gasteiger partial charge in [0.15, 0.2) is 5.75 Å². The highest BCUT2D eigenvalue weighted by Gasteiger charge is 2.08. The number of halogens is 1. The van der Waals surface area contributed by atoms with Crippen molar-refractivity contribution in [1.82, 2.24) is 0 Å². The number of hydrogen-bond donors (Lipinski definition) is 1. The molecule has 1 N–H and O–H groups in total. The average Bonchev–Trinajstić information content (AvgIpc) is 2.08. The predicted molar refractivity (Wildman–Crippen MR) is 54.5 cm³/mol. The summed E-state index contributed by atoms with van der Waals surface area (Å²) in [6.07, 6.45) is 0. The number of nitrogens with zero attached hydrogens (tertiary/aromatic N) is 1. The number of sulfonamides is 1. The average molecular weight is 231 g/mol. The van der Waals surface area contributed by atoms with E-state index in [0.717, 1.165) is 0 Å². The van der Waals surface area contributed by atoms with Crippen LogP contribution in [0.2, 0.25) is 5.02 Å². The normalized spacial score (nSPS) is 10.6. The molecule has 0 amide bonds. The molecule has 0 bridgehead atoms. The lowest BCUT2D eigenvalue weighted by molar-refractivity contribution is 0.604. The van der Waals surface area contributed by atoms with Gasteiger partial charge in [-0.05, 0) is 24.3 Å². The molecule has 0 fully saturated rings. The van der Waals surface area contributed by atoms with Gasteiger partial charge in [0.2, 0.25) is 10.0 Å². The lowest BCUT2D eigenvalue weighted by atomic mass is 10.3. The first kappa shape index (κ1) is 10.8. The molecule has 1 aromatic rings. The van der Waals surface area contributed by atoms with Gasteiger partial charge in [-0.15, -0.1) is 0 Å². The molecule has 4 nitrogen and oxygen atoms in total. The van der Waals surface area contributed by atoms with Gasteiger partial charge < -0.3 is 0 Å². The number of rotatable bonds is 3. The summed E-state index contributed by atoms with van der Waals surface area (Å²) in [6.45, 7) is 0. The molecular formula is C8H7ClN2O2S. The standard InChI is InChI=1S/C8H7ClN2O2S/c9-7-1-3-8(4-2-7)11-14(12,13)6-5-10/h1-4,11H,6H2. The molecule has 0 aromatic heterocycles. The molecule has 0 heterocycles. The minimum atomic E-state index is -3.55. The summed E-state index contributed by atoms with van der Waals surface area (Å²) in [5, 5.41) is 8.76. The van der Waals surface area contributed by atoms with Crippen LogP contribution in [0.4, 0.5) is 5.69 Å². The third-order valence-corrected chi connectivity index (χ3v) is 2.68. The van der Waals surface area contributed by atoms with Crippen LogP contribution < -0.4 is 4.72 Å². The lowest BCUT2D eigenvalue weighted by Crippen LogP contribution is -2.15. The Hall–Kier alpha value is -1.25. The van der Waals surface area contributed by atoms with Crippen molar-refractivity contribution in [3.05, 3.63) is 29.3 Å². The van der Waals surface area contributed by atoms with Crippen LogP contribution in [0, 0.1) is 11.3 Å². The van der Waals surface area contributed by atoms with Crippen molar-refractivity contribution >= 4 is 27.3 Å². The van der Waals surface area contributed by atoms with Crippen LogP contribution in [0.15, 0.2) is 24.3 Å². The molecule has 6 heteroatoms. The van der Waals surface area contributed by atoms with E-state index in [1.165, 1.54) is 12.1 Å². The Morgan fingerprint density at radius 2 is 1.93 bits per heavy atom. The molecule has 0 aliphatic carbocycles. The Bertz CT molecular complexity index is 447. The Balaban J connectivity index is 2.80. The van der Waals surface area contributed by atoms with E-state index in [1.807, 2.05) is 0 Å². The second-order valence-corrected chi connectivity index (χ2v) is 4.68. The van der Waals surface area contributed by atoms with Crippen LogP contribution in [-0.4, -0.2) is 14.2 Å². The minimum absolute atomic E-state index is 0.393. The van der Waals surface area contributed by atoms with Gasteiger partial charge in [0.25, 0.3) is 0 Å². The Labute approximate surface area is 87.2 Å². The van der Waals surface area contributed by atoms with E-state index in [9.17, 15) is 8.42 Å². The quantitative estimate of drug-likeness (QED) is 0.858. The van der Waals surface area contributed by atoms with E-state index in [2.05, 4.69) is 4.72 Å². The second-order valence-electron chi connectivity index (χ2n) is 2.53. The van der Waals surface area contributed by atoms with Crippen molar-refractivity contribution in [1.29, 1.82) is 5.26 Å². The topological polar surface area (TPSA) is 70.0 Å². The van der Waals surface area contributed by atoms with Gasteiger partial charge in [-0.2, -0.15) is 5.26 Å². The first-order valence-electron chi connectivity index (χ1n) is 3.66. The summed E-state index contributed by atoms with van der Waals surface area (Å²) < 4.78 is 24.5. The molecule has 0 radical (unpaired) electrons. The van der Waals surface area contributed by atoms with Crippen molar-refractivity contribution in [3.63, 3.8) is 0 Å². The van der Waals surface area contributed by atoms with E-state index >= 15 is 0 Å². The van der Waals surface area contributed by atoms with Crippen molar-refractivity contribution in [3.8, 4) is 6.07 Å². The minimum Gasteiger partial charge on any atom is -0.283 e. The molecular weight excluding hydrogens is 224 g/mol. The van der Waals surface area contributed by atoms with Crippen molar-refractivity contribution in [2.75, 3.05) is 10.5 Å². The number of hydrogen-bond acceptors (Lipinski definition) is 3. The van der Waals surface area contributed by atoms with E-state index in [-0.39, 0.29) is 0 Å². The van der Waals surface area contributed by atoms with Gasteiger partial charge in [0.1, 0.15) is 0 Å². The highest BCUT2D eigenvalue weighted by molar-refractivity contribution is 7.92. The summed E-state index contributed by atoms with van der Waals surface area (Å²) in [5.74, 6) is -0.560. The second kappa shape index (κ2) is 4.31.